The molecule has 0 radical (unpaired) electrons. The molecule has 2 aromatic carbocycles. The molecule has 2 fully saturated rings. The van der Waals surface area contributed by atoms with Crippen molar-refractivity contribution in [1.82, 2.24) is 15.1 Å². The van der Waals surface area contributed by atoms with Gasteiger partial charge in [-0.3, -0.25) is 4.90 Å². The highest BCUT2D eigenvalue weighted by atomic mass is 16.2. The van der Waals surface area contributed by atoms with E-state index in [2.05, 4.69) is 47.6 Å². The first-order chi connectivity index (χ1) is 11.7. The highest BCUT2D eigenvalue weighted by Crippen LogP contribution is 2.28. The Labute approximate surface area is 143 Å². The minimum Gasteiger partial charge on any atom is -0.334 e. The number of benzene rings is 2. The molecule has 2 heterocycles. The molecule has 0 spiro atoms. The summed E-state index contributed by atoms with van der Waals surface area (Å²) in [6, 6.07) is 16.0. The highest BCUT2D eigenvalue weighted by Gasteiger charge is 2.35. The maximum atomic E-state index is 12.6. The van der Waals surface area contributed by atoms with Crippen molar-refractivity contribution in [3.63, 3.8) is 0 Å². The van der Waals surface area contributed by atoms with E-state index >= 15 is 0 Å². The summed E-state index contributed by atoms with van der Waals surface area (Å²) in [5.74, 6) is 0. The fourth-order valence-corrected chi connectivity index (χ4v) is 4.13. The first-order valence-electron chi connectivity index (χ1n) is 8.93. The second-order valence-corrected chi connectivity index (χ2v) is 7.13. The first-order valence-corrected chi connectivity index (χ1v) is 8.93. The summed E-state index contributed by atoms with van der Waals surface area (Å²) < 4.78 is 0. The van der Waals surface area contributed by atoms with Gasteiger partial charge in [-0.05, 0) is 48.7 Å². The fourth-order valence-electron chi connectivity index (χ4n) is 4.13. The van der Waals surface area contributed by atoms with E-state index in [4.69, 9.17) is 0 Å². The Morgan fingerprint density at radius 2 is 1.88 bits per heavy atom. The number of amides is 2. The molecule has 1 N–H and O–H groups in total. The number of likely N-dealkylation sites (N-methyl/N-ethyl adjacent to an activating group) is 1. The average molecular weight is 323 g/mol. The molecule has 2 bridgehead atoms. The number of nitrogens with one attached hydrogen (secondary N) is 1. The second-order valence-electron chi connectivity index (χ2n) is 7.13. The fraction of sp³-hybridized carbons (Fsp3) is 0.450. The van der Waals surface area contributed by atoms with Crippen molar-refractivity contribution >= 4 is 16.8 Å². The molecule has 0 saturated carbocycles. The van der Waals surface area contributed by atoms with Gasteiger partial charge in [-0.1, -0.05) is 36.4 Å². The van der Waals surface area contributed by atoms with Crippen LogP contribution >= 0.6 is 0 Å². The third-order valence-electron chi connectivity index (χ3n) is 5.69. The van der Waals surface area contributed by atoms with Crippen LogP contribution in [0.15, 0.2) is 42.5 Å². The zero-order chi connectivity index (χ0) is 16.5. The van der Waals surface area contributed by atoms with Crippen LogP contribution in [0.3, 0.4) is 0 Å². The lowest BCUT2D eigenvalue weighted by atomic mass is 10.1. The van der Waals surface area contributed by atoms with E-state index in [1.165, 1.54) is 23.6 Å². The summed E-state index contributed by atoms with van der Waals surface area (Å²) >= 11 is 0. The van der Waals surface area contributed by atoms with Crippen LogP contribution in [0.2, 0.25) is 0 Å². The molecular formula is C20H25N3O. The molecule has 4 nitrogen and oxygen atoms in total. The predicted molar refractivity (Wildman–Crippen MR) is 96.9 cm³/mol. The van der Waals surface area contributed by atoms with Gasteiger partial charge in [0.2, 0.25) is 0 Å². The van der Waals surface area contributed by atoms with Crippen LogP contribution in [0.4, 0.5) is 4.79 Å². The number of carbonyl (C=O) groups excluding carboxylic acids is 1. The number of fused-ring (bicyclic) bond motifs is 3. The second kappa shape index (κ2) is 6.44. The molecule has 0 aliphatic carbocycles. The molecule has 24 heavy (non-hydrogen) atoms. The normalized spacial score (nSPS) is 24.1. The summed E-state index contributed by atoms with van der Waals surface area (Å²) in [5, 5.41) is 5.56. The van der Waals surface area contributed by atoms with Gasteiger partial charge in [0.15, 0.2) is 0 Å². The maximum absolute atomic E-state index is 12.6. The zero-order valence-electron chi connectivity index (χ0n) is 14.2. The van der Waals surface area contributed by atoms with Crippen molar-refractivity contribution in [2.75, 3.05) is 20.1 Å². The van der Waals surface area contributed by atoms with Crippen molar-refractivity contribution in [1.29, 1.82) is 0 Å². The van der Waals surface area contributed by atoms with Crippen molar-refractivity contribution < 1.29 is 4.79 Å². The van der Waals surface area contributed by atoms with Gasteiger partial charge in [0.05, 0.1) is 0 Å². The van der Waals surface area contributed by atoms with Crippen LogP contribution in [0.5, 0.6) is 0 Å². The van der Waals surface area contributed by atoms with E-state index in [0.29, 0.717) is 18.6 Å². The number of likely N-dealkylation sites (tertiary alicyclic amines) is 1. The Hall–Kier alpha value is -2.07. The van der Waals surface area contributed by atoms with Crippen LogP contribution in [0, 0.1) is 0 Å². The number of carbonyl (C=O) groups is 1. The average Bonchev–Trinajstić information content (AvgIpc) is 2.85. The van der Waals surface area contributed by atoms with Crippen LogP contribution in [-0.4, -0.2) is 48.1 Å². The van der Waals surface area contributed by atoms with Gasteiger partial charge in [-0.25, -0.2) is 4.79 Å². The molecule has 126 valence electrons. The Morgan fingerprint density at radius 3 is 2.75 bits per heavy atom. The molecule has 2 aliphatic rings. The molecule has 2 saturated heterocycles. The lowest BCUT2D eigenvalue weighted by Gasteiger charge is -2.26. The quantitative estimate of drug-likeness (QED) is 0.921. The van der Waals surface area contributed by atoms with Crippen LogP contribution in [0.25, 0.3) is 10.8 Å². The highest BCUT2D eigenvalue weighted by molar-refractivity contribution is 5.83. The summed E-state index contributed by atoms with van der Waals surface area (Å²) in [6.07, 6.45) is 3.60. The lowest BCUT2D eigenvalue weighted by Crippen LogP contribution is -2.44. The number of rotatable bonds is 2. The number of urea groups is 1. The Kier molecular flexibility index (Phi) is 4.15. The molecule has 2 amide bonds. The Balaban J connectivity index is 1.39. The van der Waals surface area contributed by atoms with Crippen LogP contribution in [0.1, 0.15) is 24.8 Å². The summed E-state index contributed by atoms with van der Waals surface area (Å²) in [7, 11) is 2.21. The molecule has 2 aromatic rings. The minimum absolute atomic E-state index is 0.0732. The molecule has 4 heteroatoms. The number of hydrogen-bond donors (Lipinski definition) is 1. The zero-order valence-corrected chi connectivity index (χ0v) is 14.2. The SMILES string of the molecule is CN1C2CCC1CN(C(=O)NCc1ccc3ccccc3c1)CC2. The summed E-state index contributed by atoms with van der Waals surface area (Å²) in [5.41, 5.74) is 1.15. The van der Waals surface area contributed by atoms with Crippen molar-refractivity contribution in [2.45, 2.75) is 37.9 Å². The van der Waals surface area contributed by atoms with E-state index in [-0.39, 0.29) is 6.03 Å². The van der Waals surface area contributed by atoms with E-state index in [1.54, 1.807) is 0 Å². The van der Waals surface area contributed by atoms with Gasteiger partial charge < -0.3 is 10.2 Å². The third kappa shape index (κ3) is 2.98. The van der Waals surface area contributed by atoms with Gasteiger partial charge in [-0.2, -0.15) is 0 Å². The van der Waals surface area contributed by atoms with Crippen LogP contribution < -0.4 is 5.32 Å². The smallest absolute Gasteiger partial charge is 0.317 e. The largest absolute Gasteiger partial charge is 0.334 e. The Bertz CT molecular complexity index is 744. The van der Waals surface area contributed by atoms with Crippen LogP contribution in [-0.2, 0) is 6.54 Å². The lowest BCUT2D eigenvalue weighted by molar-refractivity contribution is 0.188. The van der Waals surface area contributed by atoms with Gasteiger partial charge in [0, 0.05) is 31.7 Å². The predicted octanol–water partition coefficient (Wildman–Crippen LogP) is 3.22. The van der Waals surface area contributed by atoms with Crippen molar-refractivity contribution in [2.24, 2.45) is 0 Å². The molecule has 2 atom stereocenters. The summed E-state index contributed by atoms with van der Waals surface area (Å²) in [4.78, 5) is 17.0. The van der Waals surface area contributed by atoms with Gasteiger partial charge in [0.1, 0.15) is 0 Å². The number of hydrogen-bond acceptors (Lipinski definition) is 2. The van der Waals surface area contributed by atoms with Gasteiger partial charge in [-0.15, -0.1) is 0 Å². The maximum Gasteiger partial charge on any atom is 0.317 e. The van der Waals surface area contributed by atoms with Gasteiger partial charge >= 0.3 is 6.03 Å². The summed E-state index contributed by atoms with van der Waals surface area (Å²) in [6.45, 7) is 2.32. The monoisotopic (exact) mass is 323 g/mol. The van der Waals surface area contributed by atoms with E-state index in [1.807, 2.05) is 17.0 Å². The molecule has 2 unspecified atom stereocenters. The first kappa shape index (κ1) is 15.5. The number of nitrogens with zero attached hydrogens (tertiary/aromatic N) is 2. The van der Waals surface area contributed by atoms with Gasteiger partial charge in [0.25, 0.3) is 0 Å². The van der Waals surface area contributed by atoms with E-state index in [0.717, 1.165) is 25.1 Å². The van der Waals surface area contributed by atoms with E-state index < -0.39 is 0 Å². The standard InChI is InChI=1S/C20H25N3O/c1-22-18-8-9-19(22)14-23(11-10-18)20(24)21-13-15-6-7-16-4-2-3-5-17(16)12-15/h2-7,12,18-19H,8-11,13-14H2,1H3,(H,21,24). The molecule has 4 rings (SSSR count). The van der Waals surface area contributed by atoms with Crippen molar-refractivity contribution in [3.05, 3.63) is 48.0 Å². The minimum atomic E-state index is 0.0732. The third-order valence-corrected chi connectivity index (χ3v) is 5.69. The Morgan fingerprint density at radius 1 is 1.08 bits per heavy atom. The molecular weight excluding hydrogens is 298 g/mol. The molecule has 0 aromatic heterocycles. The van der Waals surface area contributed by atoms with E-state index in [9.17, 15) is 4.79 Å². The van der Waals surface area contributed by atoms with Crippen molar-refractivity contribution in [3.8, 4) is 0 Å². The topological polar surface area (TPSA) is 35.6 Å². The molecule has 2 aliphatic heterocycles.